The van der Waals surface area contributed by atoms with Crippen LogP contribution in [0, 0.1) is 6.92 Å². The normalized spacial score (nSPS) is 12.5. The van der Waals surface area contributed by atoms with Gasteiger partial charge in [0.2, 0.25) is 0 Å². The van der Waals surface area contributed by atoms with Gasteiger partial charge in [-0.15, -0.1) is 22.9 Å². The molecule has 0 bridgehead atoms. The Morgan fingerprint density at radius 1 is 1.14 bits per heavy atom. The molecule has 0 N–H and O–H groups in total. The highest BCUT2D eigenvalue weighted by Gasteiger charge is 2.18. The highest BCUT2D eigenvalue weighted by atomic mass is 35.5. The zero-order chi connectivity index (χ0) is 14.8. The molecule has 1 nitrogen and oxygen atoms in total. The molecular weight excluding hydrogens is 300 g/mol. The Balaban J connectivity index is 2.04. The van der Waals surface area contributed by atoms with Crippen LogP contribution in [0.2, 0.25) is 0 Å². The lowest BCUT2D eigenvalue weighted by atomic mass is 10.1. The zero-order valence-corrected chi connectivity index (χ0v) is 13.7. The van der Waals surface area contributed by atoms with E-state index in [2.05, 4.69) is 49.4 Å². The smallest absolute Gasteiger partial charge is 0.124 e. The highest BCUT2D eigenvalue weighted by Crippen LogP contribution is 2.40. The van der Waals surface area contributed by atoms with Gasteiger partial charge in [-0.25, -0.2) is 0 Å². The van der Waals surface area contributed by atoms with E-state index in [-0.39, 0.29) is 5.38 Å². The zero-order valence-electron chi connectivity index (χ0n) is 12.1. The molecule has 0 aliphatic rings. The number of halogens is 1. The van der Waals surface area contributed by atoms with Crippen LogP contribution in [0.1, 0.15) is 28.3 Å². The van der Waals surface area contributed by atoms with Gasteiger partial charge < -0.3 is 4.74 Å². The van der Waals surface area contributed by atoms with Gasteiger partial charge in [-0.3, -0.25) is 0 Å². The summed E-state index contributed by atoms with van der Waals surface area (Å²) in [5.74, 6) is 0.876. The number of hydrogen-bond acceptors (Lipinski definition) is 2. The Morgan fingerprint density at radius 3 is 2.71 bits per heavy atom. The summed E-state index contributed by atoms with van der Waals surface area (Å²) in [5.41, 5.74) is 2.24. The molecule has 0 fully saturated rings. The summed E-state index contributed by atoms with van der Waals surface area (Å²) in [5, 5.41) is 1.07. The molecule has 21 heavy (non-hydrogen) atoms. The Morgan fingerprint density at radius 2 is 1.95 bits per heavy atom. The number of benzene rings is 2. The molecule has 0 amide bonds. The minimum Gasteiger partial charge on any atom is -0.494 e. The monoisotopic (exact) mass is 316 g/mol. The van der Waals surface area contributed by atoms with Gasteiger partial charge in [0.05, 0.1) is 12.0 Å². The number of ether oxygens (including phenoxy) is 1. The quantitative estimate of drug-likeness (QED) is 0.541. The van der Waals surface area contributed by atoms with E-state index < -0.39 is 0 Å². The molecule has 1 aromatic heterocycles. The minimum absolute atomic E-state index is 0.177. The van der Waals surface area contributed by atoms with E-state index in [9.17, 15) is 0 Å². The van der Waals surface area contributed by atoms with Crippen molar-refractivity contribution in [1.29, 1.82) is 0 Å². The first-order valence-corrected chi connectivity index (χ1v) is 8.30. The first-order chi connectivity index (χ1) is 10.2. The SMILES string of the molecule is CCOc1ccc(C)cc1C(Cl)c1cc2ccccc2s1. The Labute approximate surface area is 134 Å². The van der Waals surface area contributed by atoms with E-state index in [0.717, 1.165) is 16.2 Å². The van der Waals surface area contributed by atoms with Crippen LogP contribution in [-0.2, 0) is 0 Å². The van der Waals surface area contributed by atoms with Crippen molar-refractivity contribution in [3.05, 3.63) is 64.5 Å². The van der Waals surface area contributed by atoms with Crippen molar-refractivity contribution < 1.29 is 4.74 Å². The Kier molecular flexibility index (Phi) is 4.18. The molecule has 1 heterocycles. The second-order valence-electron chi connectivity index (χ2n) is 5.02. The minimum atomic E-state index is -0.177. The van der Waals surface area contributed by atoms with Crippen molar-refractivity contribution in [2.24, 2.45) is 0 Å². The summed E-state index contributed by atoms with van der Waals surface area (Å²) < 4.78 is 7.00. The lowest BCUT2D eigenvalue weighted by Crippen LogP contribution is -1.99. The first-order valence-electron chi connectivity index (χ1n) is 7.05. The number of fused-ring (bicyclic) bond motifs is 1. The third-order valence-electron chi connectivity index (χ3n) is 3.43. The van der Waals surface area contributed by atoms with Gasteiger partial charge in [-0.1, -0.05) is 35.9 Å². The van der Waals surface area contributed by atoms with E-state index in [4.69, 9.17) is 16.3 Å². The Bertz CT molecular complexity index is 730. The molecule has 0 saturated carbocycles. The molecule has 0 aliphatic carbocycles. The molecule has 108 valence electrons. The molecule has 0 aliphatic heterocycles. The second kappa shape index (κ2) is 6.08. The largest absolute Gasteiger partial charge is 0.494 e. The highest BCUT2D eigenvalue weighted by molar-refractivity contribution is 7.19. The van der Waals surface area contributed by atoms with Crippen LogP contribution in [0.5, 0.6) is 5.75 Å². The number of rotatable bonds is 4. The summed E-state index contributed by atoms with van der Waals surface area (Å²) in [6, 6.07) is 16.7. The van der Waals surface area contributed by atoms with E-state index >= 15 is 0 Å². The van der Waals surface area contributed by atoms with Crippen molar-refractivity contribution in [3.63, 3.8) is 0 Å². The van der Waals surface area contributed by atoms with Gasteiger partial charge in [0, 0.05) is 15.1 Å². The molecule has 2 aromatic carbocycles. The average molecular weight is 317 g/mol. The van der Waals surface area contributed by atoms with Crippen LogP contribution >= 0.6 is 22.9 Å². The van der Waals surface area contributed by atoms with Gasteiger partial charge in [0.1, 0.15) is 5.75 Å². The van der Waals surface area contributed by atoms with Crippen molar-refractivity contribution in [3.8, 4) is 5.75 Å². The van der Waals surface area contributed by atoms with Crippen molar-refractivity contribution >= 4 is 33.0 Å². The molecule has 3 rings (SSSR count). The van der Waals surface area contributed by atoms with Crippen molar-refractivity contribution in [2.75, 3.05) is 6.61 Å². The van der Waals surface area contributed by atoms with Gasteiger partial charge in [0.15, 0.2) is 0 Å². The molecule has 0 spiro atoms. The average Bonchev–Trinajstić information content (AvgIpc) is 2.92. The maximum atomic E-state index is 6.75. The Hall–Kier alpha value is -1.51. The predicted octanol–water partition coefficient (Wildman–Crippen LogP) is 5.94. The first kappa shape index (κ1) is 14.4. The molecule has 3 aromatic rings. The number of alkyl halides is 1. The van der Waals surface area contributed by atoms with Crippen LogP contribution in [0.25, 0.3) is 10.1 Å². The topological polar surface area (TPSA) is 9.23 Å². The molecule has 0 saturated heterocycles. The molecular formula is C18H17ClOS. The molecule has 1 unspecified atom stereocenters. The summed E-state index contributed by atoms with van der Waals surface area (Å²) >= 11 is 8.49. The van der Waals surface area contributed by atoms with Gasteiger partial charge >= 0.3 is 0 Å². The maximum absolute atomic E-state index is 6.75. The summed E-state index contributed by atoms with van der Waals surface area (Å²) in [6.07, 6.45) is 0. The second-order valence-corrected chi connectivity index (χ2v) is 6.58. The fourth-order valence-corrected chi connectivity index (χ4v) is 3.86. The summed E-state index contributed by atoms with van der Waals surface area (Å²) in [6.45, 7) is 4.71. The van der Waals surface area contributed by atoms with E-state index in [1.807, 2.05) is 13.0 Å². The summed E-state index contributed by atoms with van der Waals surface area (Å²) in [7, 11) is 0. The predicted molar refractivity (Wildman–Crippen MR) is 91.9 cm³/mol. The van der Waals surface area contributed by atoms with Crippen molar-refractivity contribution in [1.82, 2.24) is 0 Å². The van der Waals surface area contributed by atoms with E-state index in [1.165, 1.54) is 15.6 Å². The fraction of sp³-hybridized carbons (Fsp3) is 0.222. The van der Waals surface area contributed by atoms with Gasteiger partial charge in [-0.2, -0.15) is 0 Å². The van der Waals surface area contributed by atoms with E-state index in [0.29, 0.717) is 6.61 Å². The lowest BCUT2D eigenvalue weighted by Gasteiger charge is -2.14. The van der Waals surface area contributed by atoms with Crippen LogP contribution in [0.4, 0.5) is 0 Å². The standard InChI is InChI=1S/C18H17ClOS/c1-3-20-15-9-8-12(2)10-14(15)18(19)17-11-13-6-4-5-7-16(13)21-17/h4-11,18H,3H2,1-2H3. The summed E-state index contributed by atoms with van der Waals surface area (Å²) in [4.78, 5) is 1.16. The fourth-order valence-electron chi connectivity index (χ4n) is 2.43. The number of hydrogen-bond donors (Lipinski definition) is 0. The van der Waals surface area contributed by atoms with Crippen LogP contribution in [-0.4, -0.2) is 6.61 Å². The van der Waals surface area contributed by atoms with Gasteiger partial charge in [0.25, 0.3) is 0 Å². The van der Waals surface area contributed by atoms with Crippen LogP contribution in [0.3, 0.4) is 0 Å². The van der Waals surface area contributed by atoms with Crippen molar-refractivity contribution in [2.45, 2.75) is 19.2 Å². The van der Waals surface area contributed by atoms with E-state index in [1.54, 1.807) is 11.3 Å². The number of aryl methyl sites for hydroxylation is 1. The van der Waals surface area contributed by atoms with Crippen LogP contribution in [0.15, 0.2) is 48.5 Å². The van der Waals surface area contributed by atoms with Crippen LogP contribution < -0.4 is 4.74 Å². The lowest BCUT2D eigenvalue weighted by molar-refractivity contribution is 0.337. The third kappa shape index (κ3) is 2.92. The molecule has 1 atom stereocenters. The third-order valence-corrected chi connectivity index (χ3v) is 5.21. The number of thiophene rings is 1. The molecule has 3 heteroatoms. The maximum Gasteiger partial charge on any atom is 0.124 e. The molecule has 0 radical (unpaired) electrons. The van der Waals surface area contributed by atoms with Gasteiger partial charge in [-0.05, 0) is 37.4 Å².